The summed E-state index contributed by atoms with van der Waals surface area (Å²) in [5.74, 6) is 0.570. The third-order valence-corrected chi connectivity index (χ3v) is 5.52. The van der Waals surface area contributed by atoms with E-state index in [4.69, 9.17) is 9.47 Å². The van der Waals surface area contributed by atoms with E-state index in [0.29, 0.717) is 17.2 Å². The maximum absolute atomic E-state index is 12.8. The first-order chi connectivity index (χ1) is 13.9. The molecular formula is C21H20N2O5S. The number of carbonyl (C=O) groups excluding carboxylic acids is 1. The number of carbonyl (C=O) groups is 1. The van der Waals surface area contributed by atoms with Crippen LogP contribution in [0.15, 0.2) is 77.7 Å². The lowest BCUT2D eigenvalue weighted by Gasteiger charge is -2.14. The summed E-state index contributed by atoms with van der Waals surface area (Å²) >= 11 is 0. The van der Waals surface area contributed by atoms with Gasteiger partial charge < -0.3 is 14.8 Å². The molecule has 0 radical (unpaired) electrons. The van der Waals surface area contributed by atoms with Gasteiger partial charge in [-0.25, -0.2) is 8.42 Å². The molecule has 29 heavy (non-hydrogen) atoms. The van der Waals surface area contributed by atoms with Crippen molar-refractivity contribution in [1.82, 2.24) is 0 Å². The number of rotatable bonds is 7. The highest BCUT2D eigenvalue weighted by Gasteiger charge is 2.19. The van der Waals surface area contributed by atoms with Gasteiger partial charge in [-0.3, -0.25) is 9.52 Å². The highest BCUT2D eigenvalue weighted by Crippen LogP contribution is 2.26. The average molecular weight is 412 g/mol. The van der Waals surface area contributed by atoms with Crippen LogP contribution in [-0.4, -0.2) is 28.5 Å². The van der Waals surface area contributed by atoms with Crippen LogP contribution in [0.2, 0.25) is 0 Å². The molecule has 7 nitrogen and oxygen atoms in total. The van der Waals surface area contributed by atoms with Crippen LogP contribution in [0.4, 0.5) is 11.4 Å². The zero-order valence-electron chi connectivity index (χ0n) is 15.9. The minimum absolute atomic E-state index is 0.0539. The number of ether oxygens (including phenoxy) is 2. The Morgan fingerprint density at radius 3 is 2.07 bits per heavy atom. The minimum Gasteiger partial charge on any atom is -0.497 e. The summed E-state index contributed by atoms with van der Waals surface area (Å²) in [5.41, 5.74) is 0.819. The number of anilines is 2. The zero-order valence-corrected chi connectivity index (χ0v) is 16.7. The predicted octanol–water partition coefficient (Wildman–Crippen LogP) is 3.76. The van der Waals surface area contributed by atoms with Gasteiger partial charge in [0.05, 0.1) is 36.1 Å². The first kappa shape index (κ1) is 20.2. The Morgan fingerprint density at radius 1 is 0.793 bits per heavy atom. The molecule has 0 aliphatic rings. The Kier molecular flexibility index (Phi) is 6.04. The number of amides is 1. The molecule has 0 saturated heterocycles. The average Bonchev–Trinajstić information content (AvgIpc) is 2.74. The van der Waals surface area contributed by atoms with Crippen LogP contribution in [0.1, 0.15) is 10.4 Å². The third-order valence-electron chi connectivity index (χ3n) is 4.14. The molecule has 8 heteroatoms. The smallest absolute Gasteiger partial charge is 0.261 e. The van der Waals surface area contributed by atoms with Gasteiger partial charge in [-0.15, -0.1) is 0 Å². The summed E-state index contributed by atoms with van der Waals surface area (Å²) < 4.78 is 38.2. The molecule has 150 valence electrons. The second kappa shape index (κ2) is 8.66. The predicted molar refractivity (Wildman–Crippen MR) is 111 cm³/mol. The van der Waals surface area contributed by atoms with Gasteiger partial charge in [0.1, 0.15) is 11.5 Å². The van der Waals surface area contributed by atoms with Gasteiger partial charge in [0.15, 0.2) is 0 Å². The van der Waals surface area contributed by atoms with Gasteiger partial charge in [-0.1, -0.05) is 24.3 Å². The molecule has 3 rings (SSSR count). The number of benzene rings is 3. The number of nitrogens with one attached hydrogen (secondary N) is 2. The first-order valence-electron chi connectivity index (χ1n) is 8.65. The molecule has 0 spiro atoms. The highest BCUT2D eigenvalue weighted by atomic mass is 32.2. The van der Waals surface area contributed by atoms with E-state index in [2.05, 4.69) is 10.0 Å². The van der Waals surface area contributed by atoms with Crippen molar-refractivity contribution in [2.24, 2.45) is 0 Å². The van der Waals surface area contributed by atoms with E-state index >= 15 is 0 Å². The van der Waals surface area contributed by atoms with Crippen LogP contribution in [0.3, 0.4) is 0 Å². The second-order valence-electron chi connectivity index (χ2n) is 5.98. The lowest BCUT2D eigenvalue weighted by molar-refractivity contribution is 0.102. The Bertz CT molecular complexity index is 1110. The van der Waals surface area contributed by atoms with Gasteiger partial charge in [0.2, 0.25) is 0 Å². The Hall–Kier alpha value is -3.52. The Labute approximate surface area is 169 Å². The lowest BCUT2D eigenvalue weighted by atomic mass is 10.1. The van der Waals surface area contributed by atoms with E-state index in [-0.39, 0.29) is 16.1 Å². The van der Waals surface area contributed by atoms with Gasteiger partial charge >= 0.3 is 0 Å². The number of hydrogen-bond donors (Lipinski definition) is 2. The molecule has 0 fully saturated rings. The molecular weight excluding hydrogens is 392 g/mol. The van der Waals surface area contributed by atoms with Crippen molar-refractivity contribution < 1.29 is 22.7 Å². The molecule has 3 aromatic rings. The Balaban J connectivity index is 1.87. The summed E-state index contributed by atoms with van der Waals surface area (Å²) in [7, 11) is -0.890. The minimum atomic E-state index is -3.89. The molecule has 2 N–H and O–H groups in total. The van der Waals surface area contributed by atoms with Gasteiger partial charge in [-0.2, -0.15) is 0 Å². The molecule has 1 amide bonds. The molecule has 0 aliphatic heterocycles. The largest absolute Gasteiger partial charge is 0.497 e. The van der Waals surface area contributed by atoms with Crippen LogP contribution >= 0.6 is 0 Å². The SMILES string of the molecule is COc1ccc(S(=O)(=O)Nc2ccccc2C(=O)Nc2ccccc2OC)cc1. The summed E-state index contributed by atoms with van der Waals surface area (Å²) in [5, 5.41) is 2.74. The molecule has 0 aliphatic carbocycles. The fraction of sp³-hybridized carbons (Fsp3) is 0.0952. The summed E-state index contributed by atoms with van der Waals surface area (Å²) in [6.45, 7) is 0. The van der Waals surface area contributed by atoms with Gasteiger partial charge in [0, 0.05) is 0 Å². The normalized spacial score (nSPS) is 10.8. The summed E-state index contributed by atoms with van der Waals surface area (Å²) in [6, 6.07) is 19.3. The Morgan fingerprint density at radius 2 is 1.41 bits per heavy atom. The van der Waals surface area contributed by atoms with Crippen molar-refractivity contribution in [2.45, 2.75) is 4.90 Å². The molecule has 0 saturated carbocycles. The maximum atomic E-state index is 12.8. The van der Waals surface area contributed by atoms with Crippen LogP contribution < -0.4 is 19.5 Å². The molecule has 0 heterocycles. The van der Waals surface area contributed by atoms with E-state index < -0.39 is 15.9 Å². The van der Waals surface area contributed by atoms with Crippen LogP contribution in [0.5, 0.6) is 11.5 Å². The summed E-state index contributed by atoms with van der Waals surface area (Å²) in [6.07, 6.45) is 0. The van der Waals surface area contributed by atoms with Crippen molar-refractivity contribution in [2.75, 3.05) is 24.3 Å². The third kappa shape index (κ3) is 4.67. The molecule has 0 atom stereocenters. The van der Waals surface area contributed by atoms with Crippen molar-refractivity contribution in [3.8, 4) is 11.5 Å². The standard InChI is InChI=1S/C21H20N2O5S/c1-27-15-11-13-16(14-12-15)29(25,26)23-18-8-4-3-7-17(18)21(24)22-19-9-5-6-10-20(19)28-2/h3-14,23H,1-2H3,(H,22,24). The number of methoxy groups -OCH3 is 2. The monoisotopic (exact) mass is 412 g/mol. The molecule has 0 unspecified atom stereocenters. The van der Waals surface area contributed by atoms with Crippen LogP contribution in [0.25, 0.3) is 0 Å². The molecule has 3 aromatic carbocycles. The van der Waals surface area contributed by atoms with E-state index in [1.54, 1.807) is 48.5 Å². The topological polar surface area (TPSA) is 93.7 Å². The van der Waals surface area contributed by atoms with E-state index in [9.17, 15) is 13.2 Å². The van der Waals surface area contributed by atoms with Crippen molar-refractivity contribution >= 4 is 27.3 Å². The first-order valence-corrected chi connectivity index (χ1v) is 10.1. The fourth-order valence-corrected chi connectivity index (χ4v) is 3.75. The van der Waals surface area contributed by atoms with E-state index in [1.807, 2.05) is 0 Å². The van der Waals surface area contributed by atoms with Crippen molar-refractivity contribution in [3.63, 3.8) is 0 Å². The van der Waals surface area contributed by atoms with Crippen LogP contribution in [-0.2, 0) is 10.0 Å². The van der Waals surface area contributed by atoms with Crippen LogP contribution in [0, 0.1) is 0 Å². The fourth-order valence-electron chi connectivity index (χ4n) is 2.67. The van der Waals surface area contributed by atoms with Gasteiger partial charge in [0.25, 0.3) is 15.9 Å². The second-order valence-corrected chi connectivity index (χ2v) is 7.66. The number of para-hydroxylation sites is 3. The highest BCUT2D eigenvalue weighted by molar-refractivity contribution is 7.92. The molecule has 0 bridgehead atoms. The van der Waals surface area contributed by atoms with Crippen molar-refractivity contribution in [1.29, 1.82) is 0 Å². The van der Waals surface area contributed by atoms with E-state index in [1.165, 1.54) is 38.5 Å². The molecule has 0 aromatic heterocycles. The van der Waals surface area contributed by atoms with Crippen molar-refractivity contribution in [3.05, 3.63) is 78.4 Å². The zero-order chi connectivity index (χ0) is 20.9. The maximum Gasteiger partial charge on any atom is 0.261 e. The quantitative estimate of drug-likeness (QED) is 0.616. The number of hydrogen-bond acceptors (Lipinski definition) is 5. The van der Waals surface area contributed by atoms with Gasteiger partial charge in [-0.05, 0) is 48.5 Å². The number of sulfonamides is 1. The lowest BCUT2D eigenvalue weighted by Crippen LogP contribution is -2.18. The summed E-state index contributed by atoms with van der Waals surface area (Å²) in [4.78, 5) is 12.8. The van der Waals surface area contributed by atoms with E-state index in [0.717, 1.165) is 0 Å².